The van der Waals surface area contributed by atoms with Crippen molar-refractivity contribution in [1.29, 1.82) is 0 Å². The fourth-order valence-electron chi connectivity index (χ4n) is 2.67. The predicted octanol–water partition coefficient (Wildman–Crippen LogP) is 2.53. The van der Waals surface area contributed by atoms with Crippen molar-refractivity contribution in [2.45, 2.75) is 25.8 Å². The minimum Gasteiger partial charge on any atom is -0.417 e. The van der Waals surface area contributed by atoms with Crippen molar-refractivity contribution in [2.24, 2.45) is 0 Å². The second-order valence-corrected chi connectivity index (χ2v) is 5.09. The Labute approximate surface area is 119 Å². The molecule has 0 N–H and O–H groups in total. The van der Waals surface area contributed by atoms with Crippen LogP contribution in [-0.2, 0) is 13.0 Å². The molecule has 6 heteroatoms. The summed E-state index contributed by atoms with van der Waals surface area (Å²) in [6, 6.07) is 6.18. The van der Waals surface area contributed by atoms with Crippen LogP contribution in [0.5, 0.6) is 0 Å². The molecule has 0 fully saturated rings. The topological polar surface area (TPSA) is 60.9 Å². The lowest BCUT2D eigenvalue weighted by molar-refractivity contribution is 0.494. The first-order chi connectivity index (χ1) is 10.2. The van der Waals surface area contributed by atoms with Gasteiger partial charge in [0.15, 0.2) is 5.52 Å². The molecule has 3 aromatic rings. The van der Waals surface area contributed by atoms with E-state index >= 15 is 0 Å². The minimum absolute atomic E-state index is 0.0932. The molecule has 21 heavy (non-hydrogen) atoms. The van der Waals surface area contributed by atoms with E-state index in [2.05, 4.69) is 9.97 Å². The van der Waals surface area contributed by atoms with Gasteiger partial charge in [-0.2, -0.15) is 4.98 Å². The molecule has 1 aliphatic heterocycles. The van der Waals surface area contributed by atoms with Gasteiger partial charge in [-0.1, -0.05) is 12.1 Å². The van der Waals surface area contributed by atoms with Gasteiger partial charge in [0.1, 0.15) is 11.6 Å². The summed E-state index contributed by atoms with van der Waals surface area (Å²) >= 11 is 0. The zero-order chi connectivity index (χ0) is 14.4. The van der Waals surface area contributed by atoms with Crippen molar-refractivity contribution in [3.05, 3.63) is 46.3 Å². The highest BCUT2D eigenvalue weighted by Crippen LogP contribution is 2.24. The minimum atomic E-state index is -0.436. The monoisotopic (exact) mass is 285 g/mol. The van der Waals surface area contributed by atoms with Gasteiger partial charge in [-0.25, -0.2) is 9.37 Å². The molecule has 0 amide bonds. The molecular formula is C15H12FN3O2. The van der Waals surface area contributed by atoms with Crippen LogP contribution in [0.1, 0.15) is 18.7 Å². The molecule has 0 atom stereocenters. The first-order valence-corrected chi connectivity index (χ1v) is 6.89. The summed E-state index contributed by atoms with van der Waals surface area (Å²) in [6.07, 6.45) is 2.71. The summed E-state index contributed by atoms with van der Waals surface area (Å²) in [5.41, 5.74) is 0.379. The molecule has 106 valence electrons. The lowest BCUT2D eigenvalue weighted by atomic mass is 10.1. The average molecular weight is 285 g/mol. The van der Waals surface area contributed by atoms with Crippen molar-refractivity contribution in [3.8, 4) is 11.5 Å². The fourth-order valence-corrected chi connectivity index (χ4v) is 2.67. The van der Waals surface area contributed by atoms with E-state index in [1.807, 2.05) is 0 Å². The van der Waals surface area contributed by atoms with Crippen molar-refractivity contribution in [3.63, 3.8) is 0 Å². The van der Waals surface area contributed by atoms with E-state index in [0.29, 0.717) is 6.54 Å². The smallest absolute Gasteiger partial charge is 0.283 e. The molecule has 1 aromatic carbocycles. The van der Waals surface area contributed by atoms with Crippen LogP contribution in [0.15, 0.2) is 33.5 Å². The molecule has 0 radical (unpaired) electrons. The summed E-state index contributed by atoms with van der Waals surface area (Å²) in [5, 5.41) is 0. The Morgan fingerprint density at radius 1 is 1.19 bits per heavy atom. The van der Waals surface area contributed by atoms with E-state index < -0.39 is 5.82 Å². The summed E-state index contributed by atoms with van der Waals surface area (Å²) < 4.78 is 20.9. The van der Waals surface area contributed by atoms with Gasteiger partial charge in [-0.15, -0.1) is 0 Å². The Hall–Kier alpha value is -2.50. The van der Waals surface area contributed by atoms with Crippen molar-refractivity contribution in [1.82, 2.24) is 14.5 Å². The maximum Gasteiger partial charge on any atom is 0.283 e. The Morgan fingerprint density at radius 3 is 2.90 bits per heavy atom. The summed E-state index contributed by atoms with van der Waals surface area (Å²) in [5.74, 6) is 0.375. The Morgan fingerprint density at radius 2 is 2.05 bits per heavy atom. The van der Waals surface area contributed by atoms with Crippen LogP contribution in [0, 0.1) is 5.82 Å². The summed E-state index contributed by atoms with van der Waals surface area (Å²) in [6.45, 7) is 0.652. The summed E-state index contributed by atoms with van der Waals surface area (Å²) in [7, 11) is 0. The zero-order valence-electron chi connectivity index (χ0n) is 11.2. The molecule has 5 nitrogen and oxygen atoms in total. The second-order valence-electron chi connectivity index (χ2n) is 5.09. The average Bonchev–Trinajstić information content (AvgIpc) is 2.92. The van der Waals surface area contributed by atoms with Gasteiger partial charge in [-0.05, 0) is 25.0 Å². The van der Waals surface area contributed by atoms with Gasteiger partial charge in [-0.3, -0.25) is 9.36 Å². The largest absolute Gasteiger partial charge is 0.417 e. The van der Waals surface area contributed by atoms with E-state index in [-0.39, 0.29) is 28.2 Å². The standard InChI is InChI=1S/C15H12FN3O2/c16-10-6-2-1-5-9(10)13-18-12-14(21-13)17-11-7-3-4-8-19(11)15(12)20/h1-2,5-6H,3-4,7-8H2. The number of halogens is 1. The number of aromatic nitrogens is 3. The fraction of sp³-hybridized carbons (Fsp3) is 0.267. The highest BCUT2D eigenvalue weighted by atomic mass is 19.1. The van der Waals surface area contributed by atoms with Gasteiger partial charge in [0.25, 0.3) is 11.3 Å². The summed E-state index contributed by atoms with van der Waals surface area (Å²) in [4.78, 5) is 20.9. The molecule has 4 rings (SSSR count). The molecule has 0 bridgehead atoms. The van der Waals surface area contributed by atoms with Crippen molar-refractivity contribution >= 4 is 11.2 Å². The molecule has 3 heterocycles. The number of rotatable bonds is 1. The first-order valence-electron chi connectivity index (χ1n) is 6.89. The van der Waals surface area contributed by atoms with Crippen LogP contribution in [0.4, 0.5) is 4.39 Å². The highest BCUT2D eigenvalue weighted by Gasteiger charge is 2.20. The number of fused-ring (bicyclic) bond motifs is 2. The normalized spacial score (nSPS) is 14.3. The number of hydrogen-bond acceptors (Lipinski definition) is 4. The van der Waals surface area contributed by atoms with Crippen molar-refractivity contribution < 1.29 is 8.81 Å². The molecule has 0 saturated carbocycles. The van der Waals surface area contributed by atoms with Gasteiger partial charge in [0.05, 0.1) is 5.56 Å². The predicted molar refractivity (Wildman–Crippen MR) is 74.4 cm³/mol. The van der Waals surface area contributed by atoms with Crippen molar-refractivity contribution in [2.75, 3.05) is 0 Å². The number of hydrogen-bond donors (Lipinski definition) is 0. The van der Waals surface area contributed by atoms with E-state index in [1.165, 1.54) is 6.07 Å². The third kappa shape index (κ3) is 1.86. The van der Waals surface area contributed by atoms with Gasteiger partial charge < -0.3 is 4.42 Å². The van der Waals surface area contributed by atoms with Crippen LogP contribution in [-0.4, -0.2) is 14.5 Å². The maximum atomic E-state index is 13.8. The van der Waals surface area contributed by atoms with Crippen LogP contribution in [0.3, 0.4) is 0 Å². The highest BCUT2D eigenvalue weighted by molar-refractivity contribution is 5.71. The molecule has 1 aliphatic rings. The van der Waals surface area contributed by atoms with Gasteiger partial charge >= 0.3 is 0 Å². The lowest BCUT2D eigenvalue weighted by Gasteiger charge is -2.15. The van der Waals surface area contributed by atoms with Crippen LogP contribution < -0.4 is 5.56 Å². The lowest BCUT2D eigenvalue weighted by Crippen LogP contribution is -2.28. The number of aryl methyl sites for hydroxylation is 1. The molecule has 0 unspecified atom stereocenters. The third-order valence-electron chi connectivity index (χ3n) is 3.74. The number of oxazole rings is 1. The first kappa shape index (κ1) is 12.3. The van der Waals surface area contributed by atoms with Crippen LogP contribution in [0.2, 0.25) is 0 Å². The van der Waals surface area contributed by atoms with E-state index in [0.717, 1.165) is 25.1 Å². The van der Waals surface area contributed by atoms with E-state index in [9.17, 15) is 9.18 Å². The number of benzene rings is 1. The van der Waals surface area contributed by atoms with E-state index in [4.69, 9.17) is 4.42 Å². The molecule has 0 aliphatic carbocycles. The van der Waals surface area contributed by atoms with Crippen LogP contribution in [0.25, 0.3) is 22.7 Å². The Bertz CT molecular complexity index is 898. The second kappa shape index (κ2) is 4.51. The third-order valence-corrected chi connectivity index (χ3v) is 3.74. The van der Waals surface area contributed by atoms with Crippen LogP contribution >= 0.6 is 0 Å². The molecular weight excluding hydrogens is 273 g/mol. The number of nitrogens with zero attached hydrogens (tertiary/aromatic N) is 3. The Balaban J connectivity index is 1.97. The quantitative estimate of drug-likeness (QED) is 0.689. The molecule has 2 aromatic heterocycles. The SMILES string of the molecule is O=c1c2nc(-c3ccccc3F)oc2nc2n1CCCC2. The van der Waals surface area contributed by atoms with Gasteiger partial charge in [0, 0.05) is 13.0 Å². The van der Waals surface area contributed by atoms with Gasteiger partial charge in [0.2, 0.25) is 5.89 Å². The van der Waals surface area contributed by atoms with E-state index in [1.54, 1.807) is 22.8 Å². The zero-order valence-corrected chi connectivity index (χ0v) is 11.2. The Kier molecular flexibility index (Phi) is 2.63. The maximum absolute atomic E-state index is 13.8. The molecule has 0 saturated heterocycles. The molecule has 0 spiro atoms.